The average Bonchev–Trinajstić information content (AvgIpc) is 2.06. The molecule has 0 amide bonds. The predicted octanol–water partition coefficient (Wildman–Crippen LogP) is 1.59. The quantitative estimate of drug-likeness (QED) is 0.851. The van der Waals surface area contributed by atoms with Crippen LogP contribution < -0.4 is 5.73 Å². The molecule has 2 N–H and O–H groups in total. The Morgan fingerprint density at radius 3 is 2.69 bits per heavy atom. The number of benzene rings is 1. The highest BCUT2D eigenvalue weighted by Gasteiger charge is 2.22. The van der Waals surface area contributed by atoms with Crippen molar-refractivity contribution in [1.82, 2.24) is 4.90 Å². The number of nitrogens with two attached hydrogens (primary N) is 1. The first-order chi connectivity index (χ1) is 6.25. The van der Waals surface area contributed by atoms with Gasteiger partial charge in [-0.05, 0) is 11.6 Å². The van der Waals surface area contributed by atoms with Crippen LogP contribution in [0.3, 0.4) is 0 Å². The molecule has 0 spiro atoms. The summed E-state index contributed by atoms with van der Waals surface area (Å²) in [5.41, 5.74) is 7.05. The van der Waals surface area contributed by atoms with E-state index in [1.165, 1.54) is 10.0 Å². The van der Waals surface area contributed by atoms with E-state index in [4.69, 9.17) is 5.73 Å². The zero-order chi connectivity index (χ0) is 9.26. The van der Waals surface area contributed by atoms with Crippen molar-refractivity contribution in [3.8, 4) is 0 Å². The number of likely N-dealkylation sites (tertiary alicyclic amines) is 1. The summed E-state index contributed by atoms with van der Waals surface area (Å²) in [6.45, 7) is 3.07. The maximum absolute atomic E-state index is 5.71. The Balaban J connectivity index is 1.98. The van der Waals surface area contributed by atoms with Gasteiger partial charge in [0.15, 0.2) is 0 Å². The van der Waals surface area contributed by atoms with Crippen LogP contribution in [0.4, 0.5) is 0 Å². The fourth-order valence-corrected chi connectivity index (χ4v) is 2.02. The Kier molecular flexibility index (Phi) is 2.67. The lowest BCUT2D eigenvalue weighted by Gasteiger charge is -2.37. The number of halogens is 1. The van der Waals surface area contributed by atoms with Crippen LogP contribution in [0.5, 0.6) is 0 Å². The molecular formula is C10H13BrN2. The molecule has 1 aliphatic heterocycles. The lowest BCUT2D eigenvalue weighted by Crippen LogP contribution is -2.54. The molecule has 70 valence electrons. The molecule has 0 atom stereocenters. The van der Waals surface area contributed by atoms with Gasteiger partial charge in [-0.2, -0.15) is 0 Å². The van der Waals surface area contributed by atoms with Crippen molar-refractivity contribution >= 4 is 15.9 Å². The normalized spacial score (nSPS) is 18.6. The molecule has 0 bridgehead atoms. The summed E-state index contributed by atoms with van der Waals surface area (Å²) in [4.78, 5) is 2.35. The molecule has 0 radical (unpaired) electrons. The highest BCUT2D eigenvalue weighted by atomic mass is 79.9. The maximum Gasteiger partial charge on any atom is 0.0297 e. The molecule has 1 heterocycles. The third-order valence-electron chi connectivity index (χ3n) is 2.34. The van der Waals surface area contributed by atoms with Crippen LogP contribution in [0.25, 0.3) is 0 Å². The fourth-order valence-electron chi connectivity index (χ4n) is 1.61. The van der Waals surface area contributed by atoms with Gasteiger partial charge in [0.1, 0.15) is 0 Å². The van der Waals surface area contributed by atoms with Crippen molar-refractivity contribution in [2.75, 3.05) is 13.1 Å². The Bertz CT molecular complexity index is 295. The molecular weight excluding hydrogens is 228 g/mol. The number of rotatable bonds is 2. The first kappa shape index (κ1) is 9.19. The Morgan fingerprint density at radius 2 is 2.08 bits per heavy atom. The van der Waals surface area contributed by atoms with E-state index in [0.717, 1.165) is 19.6 Å². The van der Waals surface area contributed by atoms with E-state index in [1.807, 2.05) is 6.07 Å². The van der Waals surface area contributed by atoms with Gasteiger partial charge in [-0.3, -0.25) is 4.90 Å². The lowest BCUT2D eigenvalue weighted by molar-refractivity contribution is 0.142. The number of hydrogen-bond donors (Lipinski definition) is 1. The van der Waals surface area contributed by atoms with E-state index in [0.29, 0.717) is 6.04 Å². The molecule has 13 heavy (non-hydrogen) atoms. The highest BCUT2D eigenvalue weighted by Crippen LogP contribution is 2.19. The van der Waals surface area contributed by atoms with Crippen LogP contribution in [0.15, 0.2) is 28.7 Å². The minimum absolute atomic E-state index is 0.391. The van der Waals surface area contributed by atoms with Crippen LogP contribution in [0, 0.1) is 0 Å². The molecule has 2 rings (SSSR count). The van der Waals surface area contributed by atoms with Crippen molar-refractivity contribution in [1.29, 1.82) is 0 Å². The zero-order valence-electron chi connectivity index (χ0n) is 7.41. The summed E-state index contributed by atoms with van der Waals surface area (Å²) in [7, 11) is 0. The van der Waals surface area contributed by atoms with Crippen LogP contribution in [0.1, 0.15) is 5.56 Å². The first-order valence-electron chi connectivity index (χ1n) is 4.47. The van der Waals surface area contributed by atoms with Gasteiger partial charge in [-0.1, -0.05) is 34.1 Å². The molecule has 1 aromatic rings. The molecule has 0 saturated carbocycles. The minimum atomic E-state index is 0.391. The molecule has 1 aliphatic rings. The van der Waals surface area contributed by atoms with Gasteiger partial charge < -0.3 is 5.73 Å². The zero-order valence-corrected chi connectivity index (χ0v) is 9.00. The average molecular weight is 241 g/mol. The van der Waals surface area contributed by atoms with Gasteiger partial charge in [0.05, 0.1) is 0 Å². The number of hydrogen-bond acceptors (Lipinski definition) is 2. The summed E-state index contributed by atoms with van der Waals surface area (Å²) in [5.74, 6) is 0. The Hall–Kier alpha value is -0.380. The van der Waals surface area contributed by atoms with Gasteiger partial charge in [-0.15, -0.1) is 0 Å². The Labute approximate surface area is 86.9 Å². The second kappa shape index (κ2) is 3.78. The van der Waals surface area contributed by atoms with E-state index in [2.05, 4.69) is 39.0 Å². The van der Waals surface area contributed by atoms with Crippen LogP contribution in [-0.2, 0) is 6.54 Å². The molecule has 2 nitrogen and oxygen atoms in total. The topological polar surface area (TPSA) is 29.3 Å². The minimum Gasteiger partial charge on any atom is -0.325 e. The van der Waals surface area contributed by atoms with E-state index < -0.39 is 0 Å². The smallest absolute Gasteiger partial charge is 0.0297 e. The number of nitrogens with zero attached hydrogens (tertiary/aromatic N) is 1. The van der Waals surface area contributed by atoms with Crippen LogP contribution in [0.2, 0.25) is 0 Å². The van der Waals surface area contributed by atoms with Crippen LogP contribution >= 0.6 is 15.9 Å². The van der Waals surface area contributed by atoms with Gasteiger partial charge in [0.25, 0.3) is 0 Å². The highest BCUT2D eigenvalue weighted by molar-refractivity contribution is 9.10. The maximum atomic E-state index is 5.71. The molecule has 3 heteroatoms. The van der Waals surface area contributed by atoms with Crippen molar-refractivity contribution in [3.63, 3.8) is 0 Å². The first-order valence-corrected chi connectivity index (χ1v) is 5.26. The van der Waals surface area contributed by atoms with E-state index in [1.54, 1.807) is 0 Å². The summed E-state index contributed by atoms with van der Waals surface area (Å²) in [6, 6.07) is 8.72. The molecule has 0 unspecified atom stereocenters. The molecule has 1 saturated heterocycles. The standard InChI is InChI=1S/C10H13BrN2/c11-10-4-2-1-3-8(10)5-13-6-9(12)7-13/h1-4,9H,5-7,12H2. The third-order valence-corrected chi connectivity index (χ3v) is 3.11. The predicted molar refractivity (Wildman–Crippen MR) is 57.4 cm³/mol. The largest absolute Gasteiger partial charge is 0.325 e. The van der Waals surface area contributed by atoms with Crippen LogP contribution in [-0.4, -0.2) is 24.0 Å². The van der Waals surface area contributed by atoms with E-state index in [9.17, 15) is 0 Å². The summed E-state index contributed by atoms with van der Waals surface area (Å²) in [5, 5.41) is 0. The Morgan fingerprint density at radius 1 is 1.38 bits per heavy atom. The van der Waals surface area contributed by atoms with Gasteiger partial charge >= 0.3 is 0 Å². The fraction of sp³-hybridized carbons (Fsp3) is 0.400. The van der Waals surface area contributed by atoms with Crippen molar-refractivity contribution in [3.05, 3.63) is 34.3 Å². The van der Waals surface area contributed by atoms with Gasteiger partial charge in [0.2, 0.25) is 0 Å². The van der Waals surface area contributed by atoms with Crippen molar-refractivity contribution < 1.29 is 0 Å². The van der Waals surface area contributed by atoms with E-state index >= 15 is 0 Å². The van der Waals surface area contributed by atoms with Gasteiger partial charge in [0, 0.05) is 30.1 Å². The van der Waals surface area contributed by atoms with Gasteiger partial charge in [-0.25, -0.2) is 0 Å². The third kappa shape index (κ3) is 2.10. The second-order valence-electron chi connectivity index (χ2n) is 3.55. The summed E-state index contributed by atoms with van der Waals surface area (Å²) >= 11 is 3.54. The van der Waals surface area contributed by atoms with Crippen molar-refractivity contribution in [2.24, 2.45) is 5.73 Å². The molecule has 0 aromatic heterocycles. The summed E-state index contributed by atoms with van der Waals surface area (Å²) < 4.78 is 1.19. The molecule has 0 aliphatic carbocycles. The second-order valence-corrected chi connectivity index (χ2v) is 4.40. The molecule has 1 fully saturated rings. The SMILES string of the molecule is NC1CN(Cc2ccccc2Br)C1. The molecule has 1 aromatic carbocycles. The van der Waals surface area contributed by atoms with Crippen molar-refractivity contribution in [2.45, 2.75) is 12.6 Å². The summed E-state index contributed by atoms with van der Waals surface area (Å²) in [6.07, 6.45) is 0. The monoisotopic (exact) mass is 240 g/mol. The van der Waals surface area contributed by atoms with E-state index in [-0.39, 0.29) is 0 Å². The lowest BCUT2D eigenvalue weighted by atomic mass is 10.1.